The number of esters is 1. The molecule has 0 aliphatic carbocycles. The summed E-state index contributed by atoms with van der Waals surface area (Å²) in [5, 5.41) is 0.892. The van der Waals surface area contributed by atoms with E-state index in [0.29, 0.717) is 5.69 Å². The van der Waals surface area contributed by atoms with Crippen molar-refractivity contribution in [2.45, 2.75) is 26.4 Å². The van der Waals surface area contributed by atoms with Gasteiger partial charge in [0.2, 0.25) is 0 Å². The maximum Gasteiger partial charge on any atom is 0.355 e. The molecule has 2 aromatic rings. The third kappa shape index (κ3) is 2.24. The van der Waals surface area contributed by atoms with Crippen LogP contribution in [0.25, 0.3) is 10.9 Å². The fraction of sp³-hybridized carbons (Fsp3) is 0.308. The van der Waals surface area contributed by atoms with E-state index in [2.05, 4.69) is 11.1 Å². The highest BCUT2D eigenvalue weighted by Crippen LogP contribution is 2.16. The topological polar surface area (TPSA) is 42.1 Å². The molecule has 1 heterocycles. The molecule has 0 bridgehead atoms. The number of H-pyrrole nitrogens is 1. The Labute approximate surface area is 94.4 Å². The molecule has 0 saturated carbocycles. The lowest BCUT2D eigenvalue weighted by molar-refractivity contribution is 0.00635. The second-order valence-electron chi connectivity index (χ2n) is 4.67. The zero-order chi connectivity index (χ0) is 11.8. The van der Waals surface area contributed by atoms with Gasteiger partial charge in [-0.2, -0.15) is 0 Å². The van der Waals surface area contributed by atoms with Gasteiger partial charge in [-0.1, -0.05) is 18.2 Å². The summed E-state index contributed by atoms with van der Waals surface area (Å²) in [6.45, 7) is 5.52. The monoisotopic (exact) mass is 216 g/mol. The number of aromatic nitrogens is 1. The molecule has 0 saturated heterocycles. The second kappa shape index (κ2) is 3.67. The van der Waals surface area contributed by atoms with Crippen molar-refractivity contribution >= 4 is 16.9 Å². The first-order chi connectivity index (χ1) is 7.46. The number of carbonyl (C=O) groups excluding carboxylic acids is 1. The van der Waals surface area contributed by atoms with Gasteiger partial charge in [0.1, 0.15) is 11.3 Å². The van der Waals surface area contributed by atoms with Crippen LogP contribution in [0.1, 0.15) is 31.3 Å². The SMILES string of the molecule is CC(C)(C)OC(=O)c1[c]c2ccccc2[nH]1. The molecular formula is C13H14NO2. The van der Waals surface area contributed by atoms with E-state index in [-0.39, 0.29) is 5.97 Å². The van der Waals surface area contributed by atoms with Crippen LogP contribution in [-0.2, 0) is 4.74 Å². The first kappa shape index (κ1) is 10.7. The zero-order valence-electron chi connectivity index (χ0n) is 9.63. The van der Waals surface area contributed by atoms with Crippen molar-refractivity contribution in [2.24, 2.45) is 0 Å². The average Bonchev–Trinajstić information content (AvgIpc) is 2.58. The molecule has 0 unspecified atom stereocenters. The predicted molar refractivity (Wildman–Crippen MR) is 62.3 cm³/mol. The van der Waals surface area contributed by atoms with Crippen molar-refractivity contribution < 1.29 is 9.53 Å². The third-order valence-electron chi connectivity index (χ3n) is 2.05. The summed E-state index contributed by atoms with van der Waals surface area (Å²) in [7, 11) is 0. The summed E-state index contributed by atoms with van der Waals surface area (Å²) < 4.78 is 5.25. The number of nitrogens with one attached hydrogen (secondary N) is 1. The van der Waals surface area contributed by atoms with Crippen LogP contribution in [0.2, 0.25) is 0 Å². The summed E-state index contributed by atoms with van der Waals surface area (Å²) in [5.74, 6) is -0.372. The third-order valence-corrected chi connectivity index (χ3v) is 2.05. The maximum atomic E-state index is 11.7. The number of hydrogen-bond acceptors (Lipinski definition) is 2. The summed E-state index contributed by atoms with van der Waals surface area (Å²) in [6.07, 6.45) is 0. The standard InChI is InChI=1S/C13H14NO2/c1-13(2,3)16-12(15)11-8-9-6-4-5-7-10(9)14-11/h4-7,14H,1-3H3. The molecular weight excluding hydrogens is 202 g/mol. The van der Waals surface area contributed by atoms with E-state index in [1.807, 2.05) is 45.0 Å². The van der Waals surface area contributed by atoms with Gasteiger partial charge >= 0.3 is 5.97 Å². The summed E-state index contributed by atoms with van der Waals surface area (Å²) >= 11 is 0. The van der Waals surface area contributed by atoms with Gasteiger partial charge in [0.05, 0.1) is 0 Å². The normalized spacial score (nSPS) is 11.7. The van der Waals surface area contributed by atoms with Crippen LogP contribution in [0.15, 0.2) is 24.3 Å². The quantitative estimate of drug-likeness (QED) is 0.745. The molecule has 3 heteroatoms. The molecule has 0 aliphatic heterocycles. The molecule has 2 rings (SSSR count). The number of aromatic amines is 1. The number of hydrogen-bond donors (Lipinski definition) is 1. The van der Waals surface area contributed by atoms with Crippen LogP contribution in [-0.4, -0.2) is 16.6 Å². The maximum absolute atomic E-state index is 11.7. The van der Waals surface area contributed by atoms with E-state index < -0.39 is 5.60 Å². The Balaban J connectivity index is 2.30. The van der Waals surface area contributed by atoms with Crippen LogP contribution in [0.4, 0.5) is 0 Å². The van der Waals surface area contributed by atoms with Crippen LogP contribution in [0.3, 0.4) is 0 Å². The van der Waals surface area contributed by atoms with Gasteiger partial charge in [-0.25, -0.2) is 4.79 Å². The lowest BCUT2D eigenvalue weighted by atomic mass is 10.2. The van der Waals surface area contributed by atoms with Gasteiger partial charge in [0.25, 0.3) is 0 Å². The molecule has 1 aromatic carbocycles. The summed E-state index contributed by atoms with van der Waals surface area (Å²) in [6, 6.07) is 10.6. The van der Waals surface area contributed by atoms with Gasteiger partial charge in [0, 0.05) is 17.0 Å². The minimum Gasteiger partial charge on any atom is -0.455 e. The molecule has 3 nitrogen and oxygen atoms in total. The second-order valence-corrected chi connectivity index (χ2v) is 4.67. The Morgan fingerprint density at radius 2 is 2.00 bits per heavy atom. The molecule has 0 fully saturated rings. The molecule has 1 N–H and O–H groups in total. The number of rotatable bonds is 1. The van der Waals surface area contributed by atoms with Crippen molar-refractivity contribution in [1.82, 2.24) is 4.98 Å². The van der Waals surface area contributed by atoms with Crippen LogP contribution in [0.5, 0.6) is 0 Å². The van der Waals surface area contributed by atoms with Gasteiger partial charge in [-0.3, -0.25) is 0 Å². The fourth-order valence-electron chi connectivity index (χ4n) is 1.43. The predicted octanol–water partition coefficient (Wildman–Crippen LogP) is 2.92. The zero-order valence-corrected chi connectivity index (χ0v) is 9.63. The molecule has 1 aromatic heterocycles. The number of ether oxygens (including phenoxy) is 1. The largest absolute Gasteiger partial charge is 0.455 e. The summed E-state index contributed by atoms with van der Waals surface area (Å²) in [5.41, 5.74) is 0.780. The minimum atomic E-state index is -0.484. The van der Waals surface area contributed by atoms with Crippen molar-refractivity contribution in [2.75, 3.05) is 0 Å². The summed E-state index contributed by atoms with van der Waals surface area (Å²) in [4.78, 5) is 14.7. The Bertz CT molecular complexity index is 487. The molecule has 0 spiro atoms. The fourth-order valence-corrected chi connectivity index (χ4v) is 1.43. The van der Waals surface area contributed by atoms with E-state index in [1.54, 1.807) is 0 Å². The van der Waals surface area contributed by atoms with Gasteiger partial charge in [-0.15, -0.1) is 0 Å². The van der Waals surface area contributed by atoms with E-state index >= 15 is 0 Å². The number of fused-ring (bicyclic) bond motifs is 1. The van der Waals surface area contributed by atoms with Crippen LogP contribution >= 0.6 is 0 Å². The molecule has 83 valence electrons. The molecule has 16 heavy (non-hydrogen) atoms. The van der Waals surface area contributed by atoms with E-state index in [4.69, 9.17) is 4.74 Å². The van der Waals surface area contributed by atoms with Crippen molar-refractivity contribution in [3.8, 4) is 0 Å². The van der Waals surface area contributed by atoms with Gasteiger partial charge in [-0.05, 0) is 26.8 Å². The van der Waals surface area contributed by atoms with Crippen LogP contribution < -0.4 is 0 Å². The molecule has 0 atom stereocenters. The first-order valence-electron chi connectivity index (χ1n) is 5.19. The van der Waals surface area contributed by atoms with E-state index in [1.165, 1.54) is 0 Å². The highest BCUT2D eigenvalue weighted by Gasteiger charge is 2.19. The van der Waals surface area contributed by atoms with Crippen LogP contribution in [0, 0.1) is 6.07 Å². The Hall–Kier alpha value is -1.77. The lowest BCUT2D eigenvalue weighted by Gasteiger charge is -2.18. The van der Waals surface area contributed by atoms with Crippen molar-refractivity contribution in [3.05, 3.63) is 36.0 Å². The highest BCUT2D eigenvalue weighted by atomic mass is 16.6. The Morgan fingerprint density at radius 3 is 2.62 bits per heavy atom. The molecule has 0 amide bonds. The number of para-hydroxylation sites is 1. The Kier molecular flexibility index (Phi) is 2.46. The van der Waals surface area contributed by atoms with Gasteiger partial charge in [0.15, 0.2) is 0 Å². The average molecular weight is 216 g/mol. The van der Waals surface area contributed by atoms with Crippen molar-refractivity contribution in [1.29, 1.82) is 0 Å². The van der Waals surface area contributed by atoms with Crippen molar-refractivity contribution in [3.63, 3.8) is 0 Å². The number of carbonyl (C=O) groups is 1. The lowest BCUT2D eigenvalue weighted by Crippen LogP contribution is -2.24. The molecule has 0 aliphatic rings. The van der Waals surface area contributed by atoms with E-state index in [9.17, 15) is 4.79 Å². The Morgan fingerprint density at radius 1 is 1.31 bits per heavy atom. The minimum absolute atomic E-state index is 0.371. The number of benzene rings is 1. The molecule has 1 radical (unpaired) electrons. The van der Waals surface area contributed by atoms with E-state index in [0.717, 1.165) is 10.9 Å². The van der Waals surface area contributed by atoms with Gasteiger partial charge < -0.3 is 9.72 Å². The highest BCUT2D eigenvalue weighted by molar-refractivity contribution is 5.94. The smallest absolute Gasteiger partial charge is 0.355 e. The first-order valence-corrected chi connectivity index (χ1v) is 5.19.